The second-order valence-corrected chi connectivity index (χ2v) is 7.69. The van der Waals surface area contributed by atoms with Crippen LogP contribution in [0.2, 0.25) is 0 Å². The van der Waals surface area contributed by atoms with Gasteiger partial charge in [-0.05, 0) is 62.6 Å². The lowest BCUT2D eigenvalue weighted by atomic mass is 9.87. The Labute approximate surface area is 153 Å². The second-order valence-electron chi connectivity index (χ2n) is 7.69. The summed E-state index contributed by atoms with van der Waals surface area (Å²) in [4.78, 5) is 27.4. The van der Waals surface area contributed by atoms with Crippen LogP contribution in [0.5, 0.6) is 11.5 Å². The maximum Gasteiger partial charge on any atom is 0.254 e. The summed E-state index contributed by atoms with van der Waals surface area (Å²) in [6.07, 6.45) is 5.98. The zero-order chi connectivity index (χ0) is 18.1. The minimum atomic E-state index is -0.368. The molecule has 1 N–H and O–H groups in total. The first-order valence-electron chi connectivity index (χ1n) is 9.63. The molecule has 1 atom stereocenters. The van der Waals surface area contributed by atoms with Crippen LogP contribution in [-0.2, 0) is 4.79 Å². The maximum absolute atomic E-state index is 12.9. The van der Waals surface area contributed by atoms with E-state index in [-0.39, 0.29) is 30.7 Å². The molecule has 1 aromatic rings. The molecule has 2 amide bonds. The first-order chi connectivity index (χ1) is 12.6. The summed E-state index contributed by atoms with van der Waals surface area (Å²) < 4.78 is 10.7. The molecule has 2 fully saturated rings. The predicted molar refractivity (Wildman–Crippen MR) is 96.2 cm³/mol. The minimum absolute atomic E-state index is 0.00357. The van der Waals surface area contributed by atoms with E-state index in [1.165, 1.54) is 0 Å². The van der Waals surface area contributed by atoms with E-state index < -0.39 is 0 Å². The van der Waals surface area contributed by atoms with Gasteiger partial charge in [-0.25, -0.2) is 0 Å². The highest BCUT2D eigenvalue weighted by Crippen LogP contribution is 2.33. The fraction of sp³-hybridized carbons (Fsp3) is 0.600. The third-order valence-corrected chi connectivity index (χ3v) is 5.80. The molecule has 2 aliphatic heterocycles. The normalized spacial score (nSPS) is 27.4. The van der Waals surface area contributed by atoms with E-state index in [0.29, 0.717) is 23.6 Å². The summed E-state index contributed by atoms with van der Waals surface area (Å²) in [5.74, 6) is 1.88. The van der Waals surface area contributed by atoms with E-state index in [1.807, 2.05) is 0 Å². The number of nitrogens with one attached hydrogen (secondary N) is 1. The van der Waals surface area contributed by atoms with E-state index in [2.05, 4.69) is 12.2 Å². The SMILES string of the molecule is CC1CCC(NC(=O)C2CCCN2C(=O)c2ccc3c(c2)OCO3)CC1. The van der Waals surface area contributed by atoms with Crippen molar-refractivity contribution in [3.05, 3.63) is 23.8 Å². The van der Waals surface area contributed by atoms with E-state index in [9.17, 15) is 9.59 Å². The monoisotopic (exact) mass is 358 g/mol. The second kappa shape index (κ2) is 7.17. The molecule has 6 heteroatoms. The third kappa shape index (κ3) is 3.37. The molecule has 0 spiro atoms. The lowest BCUT2D eigenvalue weighted by Crippen LogP contribution is -2.49. The van der Waals surface area contributed by atoms with Crippen molar-refractivity contribution < 1.29 is 19.1 Å². The molecule has 1 aliphatic carbocycles. The molecule has 0 radical (unpaired) electrons. The van der Waals surface area contributed by atoms with Crippen LogP contribution in [0, 0.1) is 5.92 Å². The molecule has 6 nitrogen and oxygen atoms in total. The fourth-order valence-electron chi connectivity index (χ4n) is 4.18. The Morgan fingerprint density at radius 2 is 1.85 bits per heavy atom. The van der Waals surface area contributed by atoms with Crippen molar-refractivity contribution in [3.8, 4) is 11.5 Å². The molecule has 140 valence electrons. The van der Waals surface area contributed by atoms with Crippen LogP contribution in [0.25, 0.3) is 0 Å². The molecule has 1 aromatic carbocycles. The number of benzene rings is 1. The molecular formula is C20H26N2O4. The van der Waals surface area contributed by atoms with Crippen molar-refractivity contribution in [2.75, 3.05) is 13.3 Å². The number of nitrogens with zero attached hydrogens (tertiary/aromatic N) is 1. The Balaban J connectivity index is 1.42. The van der Waals surface area contributed by atoms with Crippen molar-refractivity contribution in [1.29, 1.82) is 0 Å². The van der Waals surface area contributed by atoms with Gasteiger partial charge in [-0.1, -0.05) is 6.92 Å². The number of carbonyl (C=O) groups is 2. The number of fused-ring (bicyclic) bond motifs is 1. The van der Waals surface area contributed by atoms with Gasteiger partial charge in [0.1, 0.15) is 6.04 Å². The average Bonchev–Trinajstić information content (AvgIpc) is 3.31. The highest BCUT2D eigenvalue weighted by Gasteiger charge is 2.36. The lowest BCUT2D eigenvalue weighted by Gasteiger charge is -2.30. The first-order valence-corrected chi connectivity index (χ1v) is 9.63. The zero-order valence-electron chi connectivity index (χ0n) is 15.2. The van der Waals surface area contributed by atoms with Gasteiger partial charge in [-0.2, -0.15) is 0 Å². The summed E-state index contributed by atoms with van der Waals surface area (Å²) in [6.45, 7) is 3.07. The number of rotatable bonds is 3. The van der Waals surface area contributed by atoms with Crippen LogP contribution >= 0.6 is 0 Å². The van der Waals surface area contributed by atoms with Gasteiger partial charge < -0.3 is 19.7 Å². The van der Waals surface area contributed by atoms with Gasteiger partial charge in [-0.15, -0.1) is 0 Å². The lowest BCUT2D eigenvalue weighted by molar-refractivity contribution is -0.125. The first kappa shape index (κ1) is 17.2. The number of amides is 2. The van der Waals surface area contributed by atoms with Crippen LogP contribution in [0.1, 0.15) is 55.8 Å². The Hall–Kier alpha value is -2.24. The Morgan fingerprint density at radius 1 is 1.08 bits per heavy atom. The molecule has 4 rings (SSSR count). The summed E-state index contributed by atoms with van der Waals surface area (Å²) >= 11 is 0. The van der Waals surface area contributed by atoms with Gasteiger partial charge in [0.2, 0.25) is 12.7 Å². The molecule has 26 heavy (non-hydrogen) atoms. The van der Waals surface area contributed by atoms with E-state index in [0.717, 1.165) is 44.4 Å². The Morgan fingerprint density at radius 3 is 2.65 bits per heavy atom. The van der Waals surface area contributed by atoms with Gasteiger partial charge in [-0.3, -0.25) is 9.59 Å². The molecule has 1 unspecified atom stereocenters. The third-order valence-electron chi connectivity index (χ3n) is 5.80. The largest absolute Gasteiger partial charge is 0.454 e. The number of likely N-dealkylation sites (tertiary alicyclic amines) is 1. The van der Waals surface area contributed by atoms with Crippen LogP contribution in [0.15, 0.2) is 18.2 Å². The average molecular weight is 358 g/mol. The Kier molecular flexibility index (Phi) is 4.74. The van der Waals surface area contributed by atoms with Crippen molar-refractivity contribution >= 4 is 11.8 Å². The van der Waals surface area contributed by atoms with Gasteiger partial charge in [0.05, 0.1) is 0 Å². The Bertz CT molecular complexity index is 697. The van der Waals surface area contributed by atoms with Gasteiger partial charge in [0, 0.05) is 18.2 Å². The molecular weight excluding hydrogens is 332 g/mol. The van der Waals surface area contributed by atoms with Crippen LogP contribution in [-0.4, -0.2) is 42.1 Å². The van der Waals surface area contributed by atoms with Crippen molar-refractivity contribution in [2.24, 2.45) is 5.92 Å². The molecule has 2 heterocycles. The molecule has 0 bridgehead atoms. The van der Waals surface area contributed by atoms with Crippen molar-refractivity contribution in [2.45, 2.75) is 57.5 Å². The summed E-state index contributed by atoms with van der Waals surface area (Å²) in [5, 5.41) is 3.18. The van der Waals surface area contributed by atoms with E-state index in [4.69, 9.17) is 9.47 Å². The number of ether oxygens (including phenoxy) is 2. The van der Waals surface area contributed by atoms with Gasteiger partial charge >= 0.3 is 0 Å². The fourth-order valence-corrected chi connectivity index (χ4v) is 4.18. The molecule has 0 aromatic heterocycles. The van der Waals surface area contributed by atoms with Crippen LogP contribution < -0.4 is 14.8 Å². The van der Waals surface area contributed by atoms with Gasteiger partial charge in [0.25, 0.3) is 5.91 Å². The zero-order valence-corrected chi connectivity index (χ0v) is 15.2. The van der Waals surface area contributed by atoms with Crippen LogP contribution in [0.4, 0.5) is 0 Å². The van der Waals surface area contributed by atoms with Gasteiger partial charge in [0.15, 0.2) is 11.5 Å². The smallest absolute Gasteiger partial charge is 0.254 e. The summed E-state index contributed by atoms with van der Waals surface area (Å²) in [6, 6.07) is 5.09. The number of hydrogen-bond acceptors (Lipinski definition) is 4. The van der Waals surface area contributed by atoms with Crippen molar-refractivity contribution in [3.63, 3.8) is 0 Å². The highest BCUT2D eigenvalue weighted by molar-refractivity contribution is 5.98. The van der Waals surface area contributed by atoms with Crippen molar-refractivity contribution in [1.82, 2.24) is 10.2 Å². The number of carbonyl (C=O) groups excluding carboxylic acids is 2. The quantitative estimate of drug-likeness (QED) is 0.902. The molecule has 1 saturated carbocycles. The summed E-state index contributed by atoms with van der Waals surface area (Å²) in [5.41, 5.74) is 0.542. The number of hydrogen-bond donors (Lipinski definition) is 1. The van der Waals surface area contributed by atoms with E-state index in [1.54, 1.807) is 23.1 Å². The topological polar surface area (TPSA) is 67.9 Å². The van der Waals surface area contributed by atoms with E-state index >= 15 is 0 Å². The molecule has 3 aliphatic rings. The highest BCUT2D eigenvalue weighted by atomic mass is 16.7. The minimum Gasteiger partial charge on any atom is -0.454 e. The maximum atomic E-state index is 12.9. The summed E-state index contributed by atoms with van der Waals surface area (Å²) in [7, 11) is 0. The standard InChI is InChI=1S/C20H26N2O4/c1-13-4-7-15(8-5-13)21-19(23)16-3-2-10-22(16)20(24)14-6-9-17-18(11-14)26-12-25-17/h6,9,11,13,15-16H,2-5,7-8,10,12H2,1H3,(H,21,23). The molecule has 1 saturated heterocycles. The van der Waals surface area contributed by atoms with Crippen LogP contribution in [0.3, 0.4) is 0 Å². The predicted octanol–water partition coefficient (Wildman–Crippen LogP) is 2.71.